The summed E-state index contributed by atoms with van der Waals surface area (Å²) in [4.78, 5) is 14.2. The number of likely N-dealkylation sites (tertiary alicyclic amines) is 1. The maximum atomic E-state index is 12.1. The van der Waals surface area contributed by atoms with Gasteiger partial charge in [0.25, 0.3) is 0 Å². The van der Waals surface area contributed by atoms with E-state index in [-0.39, 0.29) is 0 Å². The number of amides is 1. The standard InChI is InChI=1S/C13H24BrNO/c1-3-11(2)10-13(16)15-9-5-7-12(15)6-4-8-14/h11-12H,3-10H2,1-2H3. The molecule has 2 nitrogen and oxygen atoms in total. The molecule has 0 radical (unpaired) electrons. The third-order valence-corrected chi connectivity index (χ3v) is 4.15. The third kappa shape index (κ3) is 4.08. The van der Waals surface area contributed by atoms with E-state index in [1.807, 2.05) is 0 Å². The fraction of sp³-hybridized carbons (Fsp3) is 0.923. The Balaban J connectivity index is 2.41. The van der Waals surface area contributed by atoms with Gasteiger partial charge in [0.1, 0.15) is 0 Å². The zero-order chi connectivity index (χ0) is 12.0. The summed E-state index contributed by atoms with van der Waals surface area (Å²) in [5.41, 5.74) is 0. The van der Waals surface area contributed by atoms with Gasteiger partial charge in [-0.3, -0.25) is 4.79 Å². The van der Waals surface area contributed by atoms with E-state index in [1.54, 1.807) is 0 Å². The smallest absolute Gasteiger partial charge is 0.223 e. The molecule has 1 aliphatic rings. The number of alkyl halides is 1. The topological polar surface area (TPSA) is 20.3 Å². The van der Waals surface area contributed by atoms with Gasteiger partial charge in [0.15, 0.2) is 0 Å². The lowest BCUT2D eigenvalue weighted by Crippen LogP contribution is -2.36. The van der Waals surface area contributed by atoms with Crippen molar-refractivity contribution in [2.24, 2.45) is 5.92 Å². The fourth-order valence-electron chi connectivity index (χ4n) is 2.34. The number of hydrogen-bond acceptors (Lipinski definition) is 1. The van der Waals surface area contributed by atoms with E-state index >= 15 is 0 Å². The molecule has 0 N–H and O–H groups in total. The summed E-state index contributed by atoms with van der Waals surface area (Å²) >= 11 is 3.46. The Hall–Kier alpha value is -0.0500. The molecule has 1 aliphatic heterocycles. The normalized spacial score (nSPS) is 22.4. The lowest BCUT2D eigenvalue weighted by atomic mass is 10.0. The van der Waals surface area contributed by atoms with Crippen LogP contribution in [0, 0.1) is 5.92 Å². The van der Waals surface area contributed by atoms with Gasteiger partial charge in [0.05, 0.1) is 0 Å². The van der Waals surface area contributed by atoms with E-state index in [9.17, 15) is 4.79 Å². The van der Waals surface area contributed by atoms with E-state index in [2.05, 4.69) is 34.7 Å². The van der Waals surface area contributed by atoms with Crippen molar-refractivity contribution in [2.45, 2.75) is 58.4 Å². The molecule has 0 aromatic rings. The number of hydrogen-bond donors (Lipinski definition) is 0. The first-order chi connectivity index (χ1) is 7.69. The Bertz CT molecular complexity index is 220. The Morgan fingerprint density at radius 2 is 2.31 bits per heavy atom. The molecule has 1 amide bonds. The molecule has 0 spiro atoms. The van der Waals surface area contributed by atoms with E-state index in [0.29, 0.717) is 17.9 Å². The molecule has 1 rings (SSSR count). The molecule has 94 valence electrons. The maximum absolute atomic E-state index is 12.1. The lowest BCUT2D eigenvalue weighted by Gasteiger charge is -2.25. The van der Waals surface area contributed by atoms with Gasteiger partial charge in [-0.05, 0) is 31.6 Å². The van der Waals surface area contributed by atoms with Crippen molar-refractivity contribution in [1.29, 1.82) is 0 Å². The summed E-state index contributed by atoms with van der Waals surface area (Å²) in [6.07, 6.45) is 6.58. The second-order valence-corrected chi connectivity index (χ2v) is 5.72. The summed E-state index contributed by atoms with van der Waals surface area (Å²) in [5.74, 6) is 0.913. The molecule has 0 saturated carbocycles. The van der Waals surface area contributed by atoms with Crippen molar-refractivity contribution in [2.75, 3.05) is 11.9 Å². The summed E-state index contributed by atoms with van der Waals surface area (Å²) in [5, 5.41) is 1.05. The average Bonchev–Trinajstić information content (AvgIpc) is 2.74. The molecule has 1 heterocycles. The van der Waals surface area contributed by atoms with Crippen LogP contribution < -0.4 is 0 Å². The maximum Gasteiger partial charge on any atom is 0.223 e. The minimum atomic E-state index is 0.381. The van der Waals surface area contributed by atoms with Gasteiger partial charge in [-0.2, -0.15) is 0 Å². The van der Waals surface area contributed by atoms with Crippen LogP contribution in [-0.2, 0) is 4.79 Å². The number of halogens is 1. The highest BCUT2D eigenvalue weighted by Crippen LogP contribution is 2.23. The molecule has 0 aromatic heterocycles. The molecule has 2 unspecified atom stereocenters. The molecule has 1 fully saturated rings. The summed E-state index contributed by atoms with van der Waals surface area (Å²) < 4.78 is 0. The quantitative estimate of drug-likeness (QED) is 0.685. The minimum absolute atomic E-state index is 0.381. The highest BCUT2D eigenvalue weighted by atomic mass is 79.9. The monoisotopic (exact) mass is 289 g/mol. The van der Waals surface area contributed by atoms with Gasteiger partial charge in [-0.15, -0.1) is 0 Å². The van der Waals surface area contributed by atoms with E-state index in [1.165, 1.54) is 19.3 Å². The Morgan fingerprint density at radius 1 is 1.56 bits per heavy atom. The molecular formula is C13H24BrNO. The average molecular weight is 290 g/mol. The molecule has 0 aromatic carbocycles. The van der Waals surface area contributed by atoms with Crippen LogP contribution >= 0.6 is 15.9 Å². The minimum Gasteiger partial charge on any atom is -0.340 e. The van der Waals surface area contributed by atoms with Gasteiger partial charge in [-0.25, -0.2) is 0 Å². The predicted molar refractivity (Wildman–Crippen MR) is 71.8 cm³/mol. The van der Waals surface area contributed by atoms with Crippen LogP contribution in [0.1, 0.15) is 52.4 Å². The lowest BCUT2D eigenvalue weighted by molar-refractivity contribution is -0.133. The van der Waals surface area contributed by atoms with Crippen LogP contribution in [0.15, 0.2) is 0 Å². The predicted octanol–water partition coefficient (Wildman–Crippen LogP) is 3.59. The van der Waals surface area contributed by atoms with E-state index < -0.39 is 0 Å². The SMILES string of the molecule is CCC(C)CC(=O)N1CCCC1CCCBr. The number of carbonyl (C=O) groups excluding carboxylic acids is 1. The number of carbonyl (C=O) groups is 1. The second kappa shape index (κ2) is 7.31. The van der Waals surface area contributed by atoms with Gasteiger partial charge in [-0.1, -0.05) is 36.2 Å². The zero-order valence-electron chi connectivity index (χ0n) is 10.5. The van der Waals surface area contributed by atoms with Crippen molar-refractivity contribution in [1.82, 2.24) is 4.90 Å². The first-order valence-corrected chi connectivity index (χ1v) is 7.66. The molecule has 3 heteroatoms. The van der Waals surface area contributed by atoms with Gasteiger partial charge in [0.2, 0.25) is 5.91 Å². The molecule has 16 heavy (non-hydrogen) atoms. The van der Waals surface area contributed by atoms with Crippen LogP contribution in [-0.4, -0.2) is 28.7 Å². The fourth-order valence-corrected chi connectivity index (χ4v) is 2.66. The van der Waals surface area contributed by atoms with Crippen molar-refractivity contribution >= 4 is 21.8 Å². The van der Waals surface area contributed by atoms with Crippen LogP contribution in [0.3, 0.4) is 0 Å². The van der Waals surface area contributed by atoms with Gasteiger partial charge < -0.3 is 4.90 Å². The highest BCUT2D eigenvalue weighted by molar-refractivity contribution is 9.09. The van der Waals surface area contributed by atoms with Crippen molar-refractivity contribution in [3.63, 3.8) is 0 Å². The Labute approximate surface area is 108 Å². The third-order valence-electron chi connectivity index (χ3n) is 3.59. The van der Waals surface area contributed by atoms with Crippen molar-refractivity contribution in [3.8, 4) is 0 Å². The first kappa shape index (κ1) is 14.0. The van der Waals surface area contributed by atoms with Crippen LogP contribution in [0.2, 0.25) is 0 Å². The largest absolute Gasteiger partial charge is 0.340 e. The molecule has 1 saturated heterocycles. The molecule has 0 bridgehead atoms. The van der Waals surface area contributed by atoms with Crippen LogP contribution in [0.4, 0.5) is 0 Å². The van der Waals surface area contributed by atoms with Crippen molar-refractivity contribution < 1.29 is 4.79 Å². The van der Waals surface area contributed by atoms with Crippen molar-refractivity contribution in [3.05, 3.63) is 0 Å². The first-order valence-electron chi connectivity index (χ1n) is 6.54. The summed E-state index contributed by atoms with van der Waals surface area (Å²) in [6, 6.07) is 0.522. The molecule has 0 aliphatic carbocycles. The molecular weight excluding hydrogens is 266 g/mol. The Morgan fingerprint density at radius 3 is 2.94 bits per heavy atom. The van der Waals surface area contributed by atoms with E-state index in [0.717, 1.165) is 31.1 Å². The van der Waals surface area contributed by atoms with Gasteiger partial charge >= 0.3 is 0 Å². The highest BCUT2D eigenvalue weighted by Gasteiger charge is 2.28. The number of rotatable bonds is 6. The number of nitrogens with zero attached hydrogens (tertiary/aromatic N) is 1. The van der Waals surface area contributed by atoms with Gasteiger partial charge in [0, 0.05) is 24.3 Å². The van der Waals surface area contributed by atoms with Crippen LogP contribution in [0.5, 0.6) is 0 Å². The zero-order valence-corrected chi connectivity index (χ0v) is 12.1. The molecule has 2 atom stereocenters. The van der Waals surface area contributed by atoms with E-state index in [4.69, 9.17) is 0 Å². The second-order valence-electron chi connectivity index (χ2n) is 4.93. The van der Waals surface area contributed by atoms with Crippen LogP contribution in [0.25, 0.3) is 0 Å². The summed E-state index contributed by atoms with van der Waals surface area (Å²) in [7, 11) is 0. The summed E-state index contributed by atoms with van der Waals surface area (Å²) in [6.45, 7) is 5.31. The Kier molecular flexibility index (Phi) is 6.40.